The molecule has 0 amide bonds. The summed E-state index contributed by atoms with van der Waals surface area (Å²) in [6, 6.07) is 44.5. The maximum Gasteiger partial charge on any atom is 2.00 e. The molecule has 6 rings (SSSR count). The minimum Gasteiger partial charge on any atom is -0.358 e. The molecule has 2 fully saturated rings. The summed E-state index contributed by atoms with van der Waals surface area (Å²) in [6.45, 7) is 0. The number of rotatable bonds is 6. The van der Waals surface area contributed by atoms with E-state index in [1.807, 2.05) is 0 Å². The maximum absolute atomic E-state index is 2.32. The molecule has 2 saturated carbocycles. The predicted molar refractivity (Wildman–Crippen MR) is 175 cm³/mol. The number of hydrogen-bond donors (Lipinski definition) is 0. The van der Waals surface area contributed by atoms with Gasteiger partial charge in [-0.25, -0.2) is 0 Å². The molecular weight excluding hydrogens is 550 g/mol. The molecule has 0 atom stereocenters. The van der Waals surface area contributed by atoms with E-state index in [0.717, 1.165) is 11.3 Å². The normalized spacial score (nSPS) is 15.0. The summed E-state index contributed by atoms with van der Waals surface area (Å²) in [5, 5.41) is 6.19. The van der Waals surface area contributed by atoms with Gasteiger partial charge in [0.15, 0.2) is 0 Å². The van der Waals surface area contributed by atoms with E-state index < -0.39 is 0 Å². The molecule has 0 nitrogen and oxygen atoms in total. The third-order valence-corrected chi connectivity index (χ3v) is 13.4. The topological polar surface area (TPSA) is 0 Å². The van der Waals surface area contributed by atoms with Gasteiger partial charge >= 0.3 is 17.1 Å². The van der Waals surface area contributed by atoms with Gasteiger partial charge in [0, 0.05) is 0 Å². The van der Waals surface area contributed by atoms with Crippen molar-refractivity contribution in [2.75, 3.05) is 0 Å². The van der Waals surface area contributed by atoms with E-state index in [-0.39, 0.29) is 47.8 Å². The Morgan fingerprint density at radius 2 is 0.564 bits per heavy atom. The summed E-state index contributed by atoms with van der Waals surface area (Å²) in [6.07, 6.45) is 11.3. The molecule has 4 aromatic rings. The van der Waals surface area contributed by atoms with Crippen molar-refractivity contribution in [2.45, 2.75) is 62.7 Å². The summed E-state index contributed by atoms with van der Waals surface area (Å²) >= 11 is 0. The average Bonchev–Trinajstić information content (AvgIpc) is 3.68. The molecule has 0 radical (unpaired) electrons. The van der Waals surface area contributed by atoms with E-state index in [1.54, 1.807) is 21.2 Å². The van der Waals surface area contributed by atoms with Crippen molar-refractivity contribution in [1.29, 1.82) is 0 Å². The summed E-state index contributed by atoms with van der Waals surface area (Å²) in [5.74, 6) is 0. The van der Waals surface area contributed by atoms with Gasteiger partial charge in [-0.05, 0) is 74.1 Å². The van der Waals surface area contributed by atoms with Crippen LogP contribution in [0.3, 0.4) is 0 Å². The largest absolute Gasteiger partial charge is 2.00 e. The number of hydrogen-bond acceptors (Lipinski definition) is 0. The van der Waals surface area contributed by atoms with Gasteiger partial charge in [0.1, 0.15) is 0 Å². The van der Waals surface area contributed by atoms with Crippen molar-refractivity contribution in [2.24, 2.45) is 0 Å². The molecule has 0 aromatic heterocycles. The second kappa shape index (κ2) is 17.8. The quantitative estimate of drug-likeness (QED) is 0.119. The first-order valence-electron chi connectivity index (χ1n) is 13.7. The number of benzene rings is 4. The van der Waals surface area contributed by atoms with Crippen LogP contribution in [0.1, 0.15) is 51.4 Å². The summed E-state index contributed by atoms with van der Waals surface area (Å²) in [7, 11) is -0.304. The Morgan fingerprint density at radius 1 is 0.359 bits per heavy atom. The molecule has 0 aliphatic heterocycles. The van der Waals surface area contributed by atoms with Crippen LogP contribution < -0.4 is 21.2 Å². The van der Waals surface area contributed by atoms with Crippen LogP contribution in [-0.4, -0.2) is 11.3 Å². The van der Waals surface area contributed by atoms with Crippen LogP contribution in [0.15, 0.2) is 121 Å². The van der Waals surface area contributed by atoms with Gasteiger partial charge in [0.05, 0.1) is 0 Å². The van der Waals surface area contributed by atoms with E-state index in [9.17, 15) is 0 Å². The van der Waals surface area contributed by atoms with Crippen LogP contribution in [0, 0.1) is 14.9 Å². The maximum atomic E-state index is 2.32. The van der Waals surface area contributed by atoms with E-state index in [0.29, 0.717) is 0 Å². The molecule has 2 aliphatic rings. The van der Waals surface area contributed by atoms with Crippen LogP contribution in [0.4, 0.5) is 0 Å². The predicted octanol–water partition coefficient (Wildman–Crippen LogP) is 9.02. The van der Waals surface area contributed by atoms with E-state index >= 15 is 0 Å². The first kappa shape index (κ1) is 33.5. The Balaban J connectivity index is 0.000000254. The molecule has 4 aromatic carbocycles. The van der Waals surface area contributed by atoms with Crippen LogP contribution in [-0.2, 0) is 17.1 Å². The standard InChI is InChI=1S/2C17H19P.2CH3.Fe/c2*1-3-9-15(10-4-1)18(17-13-7-8-14-17)16-11-5-2-6-12-16;;;/h2*1-6,9-12,17H,7-8,13-14H2;2*1H3;/q;;2*-1;+2. The van der Waals surface area contributed by atoms with E-state index in [4.69, 9.17) is 0 Å². The monoisotopic (exact) mass is 594 g/mol. The van der Waals surface area contributed by atoms with Crippen molar-refractivity contribution in [3.05, 3.63) is 136 Å². The second-order valence-electron chi connectivity index (χ2n) is 9.96. The van der Waals surface area contributed by atoms with Gasteiger partial charge in [0.25, 0.3) is 0 Å². The molecule has 0 N–H and O–H groups in total. The van der Waals surface area contributed by atoms with Crippen LogP contribution in [0.5, 0.6) is 0 Å². The Labute approximate surface area is 252 Å². The molecular formula is C36H44FeP2. The van der Waals surface area contributed by atoms with Gasteiger partial charge < -0.3 is 14.9 Å². The Kier molecular flexibility index (Phi) is 15.3. The van der Waals surface area contributed by atoms with Crippen molar-refractivity contribution < 1.29 is 17.1 Å². The Bertz CT molecular complexity index is 966. The zero-order chi connectivity index (χ0) is 24.4. The summed E-state index contributed by atoms with van der Waals surface area (Å²) < 4.78 is 0. The molecule has 0 unspecified atom stereocenters. The van der Waals surface area contributed by atoms with Gasteiger partial charge in [-0.15, -0.1) is 0 Å². The van der Waals surface area contributed by atoms with Crippen molar-refractivity contribution >= 4 is 37.1 Å². The van der Waals surface area contributed by atoms with Gasteiger partial charge in [-0.3, -0.25) is 0 Å². The fraction of sp³-hybridized carbons (Fsp3) is 0.278. The summed E-state index contributed by atoms with van der Waals surface area (Å²) in [4.78, 5) is 0. The molecule has 39 heavy (non-hydrogen) atoms. The van der Waals surface area contributed by atoms with E-state index in [1.165, 1.54) is 51.4 Å². The van der Waals surface area contributed by atoms with Crippen molar-refractivity contribution in [3.63, 3.8) is 0 Å². The summed E-state index contributed by atoms with van der Waals surface area (Å²) in [5.41, 5.74) is 1.79. The fourth-order valence-corrected chi connectivity index (χ4v) is 11.8. The van der Waals surface area contributed by atoms with E-state index in [2.05, 4.69) is 121 Å². The first-order chi connectivity index (χ1) is 17.9. The third kappa shape index (κ3) is 9.13. The first-order valence-corrected chi connectivity index (χ1v) is 16.5. The van der Waals surface area contributed by atoms with Gasteiger partial charge in [0.2, 0.25) is 0 Å². The Hall–Kier alpha value is -1.74. The van der Waals surface area contributed by atoms with Gasteiger partial charge in [-0.2, -0.15) is 0 Å². The second-order valence-corrected chi connectivity index (χ2v) is 15.0. The Morgan fingerprint density at radius 3 is 0.769 bits per heavy atom. The molecule has 206 valence electrons. The molecule has 2 aliphatic carbocycles. The molecule has 3 heteroatoms. The van der Waals surface area contributed by atoms with Crippen LogP contribution in [0.2, 0.25) is 0 Å². The SMILES string of the molecule is [CH3-].[CH3-].[Fe+2].c1ccc(P(c2ccccc2)C2CCCC2)cc1.c1ccc(P(c2ccccc2)C2CCCC2)cc1. The van der Waals surface area contributed by atoms with Crippen molar-refractivity contribution in [3.8, 4) is 0 Å². The zero-order valence-electron chi connectivity index (χ0n) is 23.6. The van der Waals surface area contributed by atoms with Crippen molar-refractivity contribution in [1.82, 2.24) is 0 Å². The van der Waals surface area contributed by atoms with Crippen LogP contribution in [0.25, 0.3) is 0 Å². The van der Waals surface area contributed by atoms with Crippen LogP contribution >= 0.6 is 15.8 Å². The minimum atomic E-state index is -0.152. The average molecular weight is 595 g/mol. The minimum absolute atomic E-state index is 0. The van der Waals surface area contributed by atoms with Gasteiger partial charge in [-0.1, -0.05) is 147 Å². The molecule has 0 bridgehead atoms. The molecule has 0 saturated heterocycles. The fourth-order valence-electron chi connectivity index (χ4n) is 5.82. The molecule has 0 heterocycles. The third-order valence-electron chi connectivity index (χ3n) is 7.52. The zero-order valence-corrected chi connectivity index (χ0v) is 26.5. The molecule has 0 spiro atoms. The smallest absolute Gasteiger partial charge is 0.358 e.